The van der Waals surface area contributed by atoms with Crippen molar-refractivity contribution in [1.82, 2.24) is 15.5 Å². The highest BCUT2D eigenvalue weighted by Gasteiger charge is 2.25. The lowest BCUT2D eigenvalue weighted by molar-refractivity contribution is -0.147. The Kier molecular flexibility index (Phi) is 10.4. The van der Waals surface area contributed by atoms with Gasteiger partial charge in [-0.1, -0.05) is 13.3 Å². The van der Waals surface area contributed by atoms with Crippen molar-refractivity contribution in [1.29, 1.82) is 0 Å². The number of aliphatic imine (C=N–C) groups is 1. The van der Waals surface area contributed by atoms with Crippen LogP contribution in [0.3, 0.4) is 0 Å². The van der Waals surface area contributed by atoms with E-state index in [0.717, 1.165) is 19.4 Å². The summed E-state index contributed by atoms with van der Waals surface area (Å²) in [6, 6.07) is 0. The molecule has 0 aromatic heterocycles. The molecule has 6 nitrogen and oxygen atoms in total. The standard InChI is InChI=1S/C13H24N4O2.HI/c1-3-4-8-15-13(14-2)16-9-10-17-11(18)6-5-7-12(17)19;/h3-10H2,1-2H3,(H2,14,15,16);1H. The van der Waals surface area contributed by atoms with E-state index in [0.29, 0.717) is 38.3 Å². The monoisotopic (exact) mass is 396 g/mol. The fourth-order valence-corrected chi connectivity index (χ4v) is 1.94. The van der Waals surface area contributed by atoms with E-state index in [1.54, 1.807) is 7.05 Å². The number of nitrogens with zero attached hydrogens (tertiary/aromatic N) is 2. The number of unbranched alkanes of at least 4 members (excludes halogenated alkanes) is 1. The van der Waals surface area contributed by atoms with E-state index in [1.165, 1.54) is 4.90 Å². The molecule has 20 heavy (non-hydrogen) atoms. The predicted octanol–water partition coefficient (Wildman–Crippen LogP) is 1.11. The lowest BCUT2D eigenvalue weighted by atomic mass is 10.1. The van der Waals surface area contributed by atoms with Crippen LogP contribution in [0.25, 0.3) is 0 Å². The molecule has 1 rings (SSSR count). The van der Waals surface area contributed by atoms with Gasteiger partial charge in [-0.3, -0.25) is 19.5 Å². The largest absolute Gasteiger partial charge is 0.356 e. The summed E-state index contributed by atoms with van der Waals surface area (Å²) in [7, 11) is 1.71. The Hall–Kier alpha value is -0.860. The van der Waals surface area contributed by atoms with Gasteiger partial charge in [-0.25, -0.2) is 0 Å². The SMILES string of the molecule is CCCCNC(=NC)NCCN1C(=O)CCCC1=O.I. The van der Waals surface area contributed by atoms with E-state index in [4.69, 9.17) is 0 Å². The number of hydrogen-bond acceptors (Lipinski definition) is 3. The number of nitrogens with one attached hydrogen (secondary N) is 2. The van der Waals surface area contributed by atoms with Crippen molar-refractivity contribution in [2.45, 2.75) is 39.0 Å². The molecule has 0 radical (unpaired) electrons. The second-order valence-corrected chi connectivity index (χ2v) is 4.57. The van der Waals surface area contributed by atoms with Gasteiger partial charge in [-0.15, -0.1) is 24.0 Å². The van der Waals surface area contributed by atoms with Crippen LogP contribution >= 0.6 is 24.0 Å². The lowest BCUT2D eigenvalue weighted by Crippen LogP contribution is -2.46. The molecule has 2 N–H and O–H groups in total. The third kappa shape index (κ3) is 6.53. The topological polar surface area (TPSA) is 73.8 Å². The molecule has 1 aliphatic heterocycles. The zero-order chi connectivity index (χ0) is 14.1. The molecule has 0 aromatic rings. The normalized spacial score (nSPS) is 15.9. The van der Waals surface area contributed by atoms with Crippen LogP contribution < -0.4 is 10.6 Å². The molecule has 7 heteroatoms. The van der Waals surface area contributed by atoms with Gasteiger partial charge in [-0.2, -0.15) is 0 Å². The fraction of sp³-hybridized carbons (Fsp3) is 0.769. The van der Waals surface area contributed by atoms with E-state index in [1.807, 2.05) is 0 Å². The molecule has 1 fully saturated rings. The van der Waals surface area contributed by atoms with Crippen molar-refractivity contribution in [3.05, 3.63) is 0 Å². The predicted molar refractivity (Wildman–Crippen MR) is 90.3 cm³/mol. The highest BCUT2D eigenvalue weighted by molar-refractivity contribution is 14.0. The Balaban J connectivity index is 0.00000361. The minimum atomic E-state index is -0.0630. The molecule has 1 aliphatic rings. The smallest absolute Gasteiger partial charge is 0.229 e. The van der Waals surface area contributed by atoms with Crippen LogP contribution in [0.4, 0.5) is 0 Å². The quantitative estimate of drug-likeness (QED) is 0.232. The van der Waals surface area contributed by atoms with Gasteiger partial charge in [0, 0.05) is 39.5 Å². The summed E-state index contributed by atoms with van der Waals surface area (Å²) in [6.07, 6.45) is 3.86. The van der Waals surface area contributed by atoms with Crippen molar-refractivity contribution >= 4 is 41.8 Å². The van der Waals surface area contributed by atoms with Crippen molar-refractivity contribution in [3.63, 3.8) is 0 Å². The highest BCUT2D eigenvalue weighted by atomic mass is 127. The Bertz CT molecular complexity index is 331. The van der Waals surface area contributed by atoms with Crippen LogP contribution in [-0.2, 0) is 9.59 Å². The van der Waals surface area contributed by atoms with Gasteiger partial charge in [0.05, 0.1) is 0 Å². The average molecular weight is 396 g/mol. The summed E-state index contributed by atoms with van der Waals surface area (Å²) in [5, 5.41) is 6.29. The number of carbonyl (C=O) groups is 2. The maximum atomic E-state index is 11.6. The van der Waals surface area contributed by atoms with E-state index in [2.05, 4.69) is 22.5 Å². The maximum absolute atomic E-state index is 11.6. The molecule has 1 heterocycles. The number of likely N-dealkylation sites (tertiary alicyclic amines) is 1. The third-order valence-electron chi connectivity index (χ3n) is 3.06. The first-order chi connectivity index (χ1) is 9.19. The van der Waals surface area contributed by atoms with Crippen LogP contribution in [0.1, 0.15) is 39.0 Å². The van der Waals surface area contributed by atoms with Gasteiger partial charge < -0.3 is 10.6 Å². The van der Waals surface area contributed by atoms with E-state index in [-0.39, 0.29) is 35.8 Å². The van der Waals surface area contributed by atoms with Crippen molar-refractivity contribution < 1.29 is 9.59 Å². The second-order valence-electron chi connectivity index (χ2n) is 4.57. The first-order valence-electron chi connectivity index (χ1n) is 6.96. The number of hydrogen-bond donors (Lipinski definition) is 2. The van der Waals surface area contributed by atoms with Gasteiger partial charge in [0.2, 0.25) is 11.8 Å². The first-order valence-corrected chi connectivity index (χ1v) is 6.96. The molecular weight excluding hydrogens is 371 g/mol. The molecule has 0 unspecified atom stereocenters. The van der Waals surface area contributed by atoms with E-state index in [9.17, 15) is 9.59 Å². The second kappa shape index (κ2) is 10.9. The van der Waals surface area contributed by atoms with Crippen LogP contribution in [-0.4, -0.2) is 49.4 Å². The number of halogens is 1. The van der Waals surface area contributed by atoms with Gasteiger partial charge in [0.15, 0.2) is 5.96 Å². The Morgan fingerprint density at radius 3 is 2.35 bits per heavy atom. The third-order valence-corrected chi connectivity index (χ3v) is 3.06. The molecule has 0 bridgehead atoms. The minimum Gasteiger partial charge on any atom is -0.356 e. The Morgan fingerprint density at radius 2 is 1.80 bits per heavy atom. The number of carbonyl (C=O) groups excluding carboxylic acids is 2. The van der Waals surface area contributed by atoms with Crippen molar-refractivity contribution in [2.75, 3.05) is 26.7 Å². The van der Waals surface area contributed by atoms with Crippen LogP contribution in [0.5, 0.6) is 0 Å². The highest BCUT2D eigenvalue weighted by Crippen LogP contribution is 2.11. The summed E-state index contributed by atoms with van der Waals surface area (Å²) < 4.78 is 0. The lowest BCUT2D eigenvalue weighted by Gasteiger charge is -2.25. The summed E-state index contributed by atoms with van der Waals surface area (Å²) in [6.45, 7) is 3.94. The molecule has 0 atom stereocenters. The number of piperidine rings is 1. The number of guanidine groups is 1. The molecular formula is C13H25IN4O2. The zero-order valence-electron chi connectivity index (χ0n) is 12.3. The molecule has 0 aromatic carbocycles. The zero-order valence-corrected chi connectivity index (χ0v) is 14.6. The molecule has 0 aliphatic carbocycles. The van der Waals surface area contributed by atoms with Crippen LogP contribution in [0, 0.1) is 0 Å². The fourth-order valence-electron chi connectivity index (χ4n) is 1.94. The van der Waals surface area contributed by atoms with Crippen molar-refractivity contribution in [3.8, 4) is 0 Å². The molecule has 116 valence electrons. The molecule has 0 saturated carbocycles. The van der Waals surface area contributed by atoms with Gasteiger partial charge in [0.25, 0.3) is 0 Å². The van der Waals surface area contributed by atoms with Crippen molar-refractivity contribution in [2.24, 2.45) is 4.99 Å². The van der Waals surface area contributed by atoms with Gasteiger partial charge in [-0.05, 0) is 12.8 Å². The summed E-state index contributed by atoms with van der Waals surface area (Å²) >= 11 is 0. The molecule has 0 spiro atoms. The van der Waals surface area contributed by atoms with Crippen LogP contribution in [0.2, 0.25) is 0 Å². The summed E-state index contributed by atoms with van der Waals surface area (Å²) in [5.41, 5.74) is 0. The molecule has 1 saturated heterocycles. The Labute approximate surface area is 137 Å². The molecule has 2 amide bonds. The summed E-state index contributed by atoms with van der Waals surface area (Å²) in [5.74, 6) is 0.587. The van der Waals surface area contributed by atoms with Gasteiger partial charge in [0.1, 0.15) is 0 Å². The maximum Gasteiger partial charge on any atom is 0.229 e. The average Bonchev–Trinajstić information content (AvgIpc) is 2.40. The van der Waals surface area contributed by atoms with Crippen LogP contribution in [0.15, 0.2) is 4.99 Å². The minimum absolute atomic E-state index is 0. The number of amides is 2. The van der Waals surface area contributed by atoms with E-state index < -0.39 is 0 Å². The van der Waals surface area contributed by atoms with E-state index >= 15 is 0 Å². The van der Waals surface area contributed by atoms with Gasteiger partial charge >= 0.3 is 0 Å². The summed E-state index contributed by atoms with van der Waals surface area (Å²) in [4.78, 5) is 28.6. The first kappa shape index (κ1) is 19.1. The number of rotatable bonds is 6. The Morgan fingerprint density at radius 1 is 1.20 bits per heavy atom. The number of imide groups is 1.